The van der Waals surface area contributed by atoms with E-state index in [2.05, 4.69) is 5.32 Å². The number of carbonyl (C=O) groups excluding carboxylic acids is 1. The number of hydrogen-bond donors (Lipinski definition) is 1. The number of sulfone groups is 1. The molecule has 0 unspecified atom stereocenters. The van der Waals surface area contributed by atoms with Crippen LogP contribution in [0.15, 0.2) is 46.0 Å². The highest BCUT2D eigenvalue weighted by molar-refractivity contribution is 7.93. The van der Waals surface area contributed by atoms with Crippen molar-refractivity contribution in [2.24, 2.45) is 5.92 Å². The molecule has 1 amide bonds. The van der Waals surface area contributed by atoms with E-state index < -0.39 is 15.1 Å². The minimum absolute atomic E-state index is 0.0267. The first-order valence-corrected chi connectivity index (χ1v) is 9.93. The lowest BCUT2D eigenvalue weighted by molar-refractivity contribution is -0.123. The van der Waals surface area contributed by atoms with E-state index in [0.717, 1.165) is 0 Å². The molecular weight excluding hydrogens is 354 g/mol. The van der Waals surface area contributed by atoms with Crippen molar-refractivity contribution < 1.29 is 13.2 Å². The van der Waals surface area contributed by atoms with Crippen LogP contribution in [0.4, 0.5) is 0 Å². The van der Waals surface area contributed by atoms with E-state index in [4.69, 9.17) is 11.6 Å². The van der Waals surface area contributed by atoms with Crippen LogP contribution in [0.5, 0.6) is 0 Å². The molecule has 1 heterocycles. The first kappa shape index (κ1) is 18.0. The number of amides is 1. The standard InChI is InChI=1S/C16H18ClNO3S2/c1-11(2)16(19)18-10-14(12-5-7-13(17)8-6-12)23(20,21)15-4-3-9-22-15/h3-9,11,14H,10H2,1-2H3,(H,18,19)/t14-/m1/s1. The number of benzene rings is 1. The zero-order valence-electron chi connectivity index (χ0n) is 12.8. The fourth-order valence-electron chi connectivity index (χ4n) is 2.05. The van der Waals surface area contributed by atoms with Crippen molar-refractivity contribution in [3.8, 4) is 0 Å². The minimum atomic E-state index is -3.58. The monoisotopic (exact) mass is 371 g/mol. The fraction of sp³-hybridized carbons (Fsp3) is 0.312. The van der Waals surface area contributed by atoms with Gasteiger partial charge in [0.2, 0.25) is 5.91 Å². The summed E-state index contributed by atoms with van der Waals surface area (Å²) in [5, 5.41) is 4.13. The molecule has 0 saturated heterocycles. The quantitative estimate of drug-likeness (QED) is 0.842. The van der Waals surface area contributed by atoms with Gasteiger partial charge < -0.3 is 5.32 Å². The smallest absolute Gasteiger partial charge is 0.222 e. The van der Waals surface area contributed by atoms with E-state index in [-0.39, 0.29) is 22.6 Å². The topological polar surface area (TPSA) is 63.2 Å². The first-order chi connectivity index (χ1) is 10.8. The van der Waals surface area contributed by atoms with Gasteiger partial charge in [0.15, 0.2) is 9.84 Å². The SMILES string of the molecule is CC(C)C(=O)NC[C@H](c1ccc(Cl)cc1)S(=O)(=O)c1cccs1. The van der Waals surface area contributed by atoms with Crippen LogP contribution >= 0.6 is 22.9 Å². The Morgan fingerprint density at radius 1 is 1.22 bits per heavy atom. The molecule has 1 N–H and O–H groups in total. The summed E-state index contributed by atoms with van der Waals surface area (Å²) in [7, 11) is -3.58. The average molecular weight is 372 g/mol. The van der Waals surface area contributed by atoms with E-state index in [1.807, 2.05) is 0 Å². The molecule has 0 spiro atoms. The third-order valence-electron chi connectivity index (χ3n) is 3.38. The van der Waals surface area contributed by atoms with Crippen LogP contribution in [-0.2, 0) is 14.6 Å². The van der Waals surface area contributed by atoms with Gasteiger partial charge in [-0.25, -0.2) is 8.42 Å². The van der Waals surface area contributed by atoms with Crippen LogP contribution in [0.3, 0.4) is 0 Å². The summed E-state index contributed by atoms with van der Waals surface area (Å²) in [5.74, 6) is -0.379. The van der Waals surface area contributed by atoms with Crippen molar-refractivity contribution in [2.45, 2.75) is 23.3 Å². The molecule has 124 valence electrons. The molecule has 23 heavy (non-hydrogen) atoms. The summed E-state index contributed by atoms with van der Waals surface area (Å²) < 4.78 is 26.1. The average Bonchev–Trinajstić information content (AvgIpc) is 3.03. The van der Waals surface area contributed by atoms with Crippen molar-refractivity contribution in [3.05, 3.63) is 52.4 Å². The molecule has 0 radical (unpaired) electrons. The maximum Gasteiger partial charge on any atom is 0.222 e. The van der Waals surface area contributed by atoms with Gasteiger partial charge in [-0.2, -0.15) is 0 Å². The van der Waals surface area contributed by atoms with Gasteiger partial charge in [0, 0.05) is 17.5 Å². The van der Waals surface area contributed by atoms with Gasteiger partial charge in [-0.05, 0) is 29.1 Å². The fourth-order valence-corrected chi connectivity index (χ4v) is 5.04. The molecule has 0 aliphatic rings. The lowest BCUT2D eigenvalue weighted by Crippen LogP contribution is -2.34. The lowest BCUT2D eigenvalue weighted by Gasteiger charge is -2.19. The summed E-state index contributed by atoms with van der Waals surface area (Å²) in [4.78, 5) is 11.8. The molecule has 0 aliphatic carbocycles. The Kier molecular flexibility index (Phi) is 5.84. The van der Waals surface area contributed by atoms with Gasteiger partial charge in [0.05, 0.1) is 0 Å². The van der Waals surface area contributed by atoms with Crippen LogP contribution in [0.1, 0.15) is 24.7 Å². The molecule has 1 atom stereocenters. The summed E-state index contributed by atoms with van der Waals surface area (Å²) in [5.41, 5.74) is 0.604. The highest BCUT2D eigenvalue weighted by Gasteiger charge is 2.30. The zero-order chi connectivity index (χ0) is 17.0. The predicted molar refractivity (Wildman–Crippen MR) is 93.5 cm³/mol. The van der Waals surface area contributed by atoms with Crippen LogP contribution in [-0.4, -0.2) is 20.9 Å². The molecule has 0 saturated carbocycles. The van der Waals surface area contributed by atoms with E-state index in [1.165, 1.54) is 11.3 Å². The van der Waals surface area contributed by atoms with Crippen LogP contribution < -0.4 is 5.32 Å². The van der Waals surface area contributed by atoms with Crippen LogP contribution in [0.2, 0.25) is 5.02 Å². The Labute approximate surface area is 145 Å². The molecule has 7 heteroatoms. The van der Waals surface area contributed by atoms with Gasteiger partial charge in [0.25, 0.3) is 0 Å². The second kappa shape index (κ2) is 7.47. The third-order valence-corrected chi connectivity index (χ3v) is 7.16. The summed E-state index contributed by atoms with van der Waals surface area (Å²) in [6, 6.07) is 9.94. The normalized spacial score (nSPS) is 13.0. The number of hydrogen-bond acceptors (Lipinski definition) is 4. The summed E-state index contributed by atoms with van der Waals surface area (Å²) in [6.07, 6.45) is 0. The maximum atomic E-state index is 12.9. The van der Waals surface area contributed by atoms with Gasteiger partial charge in [-0.3, -0.25) is 4.79 Å². The molecule has 4 nitrogen and oxygen atoms in total. The molecular formula is C16H18ClNO3S2. The molecule has 0 fully saturated rings. The Morgan fingerprint density at radius 3 is 2.39 bits per heavy atom. The van der Waals surface area contributed by atoms with Crippen molar-refractivity contribution in [1.29, 1.82) is 0 Å². The van der Waals surface area contributed by atoms with Crippen molar-refractivity contribution in [2.75, 3.05) is 6.54 Å². The van der Waals surface area contributed by atoms with E-state index in [0.29, 0.717) is 10.6 Å². The largest absolute Gasteiger partial charge is 0.354 e. The number of carbonyl (C=O) groups is 1. The number of nitrogens with one attached hydrogen (secondary N) is 1. The summed E-state index contributed by atoms with van der Waals surface area (Å²) >= 11 is 7.05. The Bertz CT molecular complexity index is 753. The van der Waals surface area contributed by atoms with E-state index in [9.17, 15) is 13.2 Å². The maximum absolute atomic E-state index is 12.9. The molecule has 2 aromatic rings. The number of halogens is 1. The van der Waals surface area contributed by atoms with E-state index >= 15 is 0 Å². The van der Waals surface area contributed by atoms with Crippen molar-refractivity contribution in [3.63, 3.8) is 0 Å². The van der Waals surface area contributed by atoms with Gasteiger partial charge in [-0.15, -0.1) is 11.3 Å². The van der Waals surface area contributed by atoms with Gasteiger partial charge in [-0.1, -0.05) is 43.6 Å². The van der Waals surface area contributed by atoms with E-state index in [1.54, 1.807) is 55.6 Å². The van der Waals surface area contributed by atoms with Gasteiger partial charge in [0.1, 0.15) is 9.46 Å². The second-order valence-corrected chi connectivity index (χ2v) is 9.16. The molecule has 0 aliphatic heterocycles. The zero-order valence-corrected chi connectivity index (χ0v) is 15.2. The molecule has 0 bridgehead atoms. The summed E-state index contributed by atoms with van der Waals surface area (Å²) in [6.45, 7) is 3.56. The molecule has 2 rings (SSSR count). The van der Waals surface area contributed by atoms with Crippen molar-refractivity contribution >= 4 is 38.7 Å². The van der Waals surface area contributed by atoms with Crippen LogP contribution in [0, 0.1) is 5.92 Å². The predicted octanol–water partition coefficient (Wildman–Crippen LogP) is 3.69. The Morgan fingerprint density at radius 2 is 1.87 bits per heavy atom. The third kappa shape index (κ3) is 4.34. The highest BCUT2D eigenvalue weighted by Crippen LogP contribution is 2.31. The van der Waals surface area contributed by atoms with Crippen molar-refractivity contribution in [1.82, 2.24) is 5.32 Å². The number of thiophene rings is 1. The lowest BCUT2D eigenvalue weighted by atomic mass is 10.1. The Balaban J connectivity index is 2.35. The minimum Gasteiger partial charge on any atom is -0.354 e. The highest BCUT2D eigenvalue weighted by atomic mass is 35.5. The molecule has 1 aromatic heterocycles. The molecule has 1 aromatic carbocycles. The number of rotatable bonds is 6. The van der Waals surface area contributed by atoms with Gasteiger partial charge >= 0.3 is 0 Å². The second-order valence-electron chi connectivity index (χ2n) is 5.42. The van der Waals surface area contributed by atoms with Crippen LogP contribution in [0.25, 0.3) is 0 Å². The first-order valence-electron chi connectivity index (χ1n) is 7.13. The Hall–Kier alpha value is -1.37.